The van der Waals surface area contributed by atoms with Crippen LogP contribution in [0.4, 0.5) is 0 Å². The SMILES string of the molecule is CCC(C)(CNC(C)C)C(C)O. The summed E-state index contributed by atoms with van der Waals surface area (Å²) in [6.45, 7) is 11.2. The second-order valence-electron chi connectivity index (χ2n) is 4.22. The molecule has 0 radical (unpaired) electrons. The largest absolute Gasteiger partial charge is 0.393 e. The fraction of sp³-hybridized carbons (Fsp3) is 1.00. The molecule has 0 bridgehead atoms. The van der Waals surface area contributed by atoms with Crippen molar-refractivity contribution < 1.29 is 5.11 Å². The molecule has 2 heteroatoms. The Morgan fingerprint density at radius 2 is 1.83 bits per heavy atom. The van der Waals surface area contributed by atoms with Gasteiger partial charge in [0.05, 0.1) is 6.10 Å². The van der Waals surface area contributed by atoms with Crippen molar-refractivity contribution in [2.45, 2.75) is 53.2 Å². The van der Waals surface area contributed by atoms with Crippen molar-refractivity contribution in [2.75, 3.05) is 6.54 Å². The Bertz CT molecular complexity index is 123. The van der Waals surface area contributed by atoms with Crippen molar-refractivity contribution in [3.05, 3.63) is 0 Å². The molecule has 0 aromatic carbocycles. The first-order valence-electron chi connectivity index (χ1n) is 4.84. The molecule has 12 heavy (non-hydrogen) atoms. The van der Waals surface area contributed by atoms with E-state index < -0.39 is 0 Å². The Morgan fingerprint density at radius 1 is 1.33 bits per heavy atom. The molecule has 0 spiro atoms. The quantitative estimate of drug-likeness (QED) is 0.664. The molecule has 0 saturated heterocycles. The summed E-state index contributed by atoms with van der Waals surface area (Å²) < 4.78 is 0. The molecule has 0 amide bonds. The average Bonchev–Trinajstić information content (AvgIpc) is 1.99. The third kappa shape index (κ3) is 3.55. The Morgan fingerprint density at radius 3 is 2.08 bits per heavy atom. The van der Waals surface area contributed by atoms with Crippen molar-refractivity contribution >= 4 is 0 Å². The van der Waals surface area contributed by atoms with E-state index in [0.29, 0.717) is 6.04 Å². The van der Waals surface area contributed by atoms with Gasteiger partial charge < -0.3 is 10.4 Å². The van der Waals surface area contributed by atoms with E-state index >= 15 is 0 Å². The highest BCUT2D eigenvalue weighted by Gasteiger charge is 2.27. The van der Waals surface area contributed by atoms with Gasteiger partial charge in [-0.15, -0.1) is 0 Å². The zero-order valence-corrected chi connectivity index (χ0v) is 9.02. The molecule has 0 aliphatic heterocycles. The predicted octanol–water partition coefficient (Wildman–Crippen LogP) is 1.78. The van der Waals surface area contributed by atoms with Crippen LogP contribution in [0.25, 0.3) is 0 Å². The first kappa shape index (κ1) is 11.9. The van der Waals surface area contributed by atoms with E-state index in [2.05, 4.69) is 33.0 Å². The molecule has 0 aromatic rings. The molecule has 0 fully saturated rings. The lowest BCUT2D eigenvalue weighted by Gasteiger charge is -2.32. The van der Waals surface area contributed by atoms with E-state index in [0.717, 1.165) is 13.0 Å². The minimum atomic E-state index is -0.242. The van der Waals surface area contributed by atoms with Gasteiger partial charge in [0.2, 0.25) is 0 Å². The maximum atomic E-state index is 9.54. The first-order chi connectivity index (χ1) is 5.42. The molecular weight excluding hydrogens is 150 g/mol. The van der Waals surface area contributed by atoms with E-state index in [1.165, 1.54) is 0 Å². The van der Waals surface area contributed by atoms with Crippen LogP contribution < -0.4 is 5.32 Å². The molecule has 0 saturated carbocycles. The number of nitrogens with one attached hydrogen (secondary N) is 1. The summed E-state index contributed by atoms with van der Waals surface area (Å²) in [4.78, 5) is 0. The molecule has 2 N–H and O–H groups in total. The third-order valence-electron chi connectivity index (χ3n) is 2.73. The van der Waals surface area contributed by atoms with Crippen LogP contribution in [0.5, 0.6) is 0 Å². The van der Waals surface area contributed by atoms with Gasteiger partial charge in [0.15, 0.2) is 0 Å². The standard InChI is InChI=1S/C10H23NO/c1-6-10(5,9(4)12)7-11-8(2)3/h8-9,11-12H,6-7H2,1-5H3. The monoisotopic (exact) mass is 173 g/mol. The molecular formula is C10H23NO. The first-order valence-corrected chi connectivity index (χ1v) is 4.84. The van der Waals surface area contributed by atoms with E-state index in [-0.39, 0.29) is 11.5 Å². The average molecular weight is 173 g/mol. The van der Waals surface area contributed by atoms with Gasteiger partial charge in [0.25, 0.3) is 0 Å². The highest BCUT2D eigenvalue weighted by Crippen LogP contribution is 2.24. The summed E-state index contributed by atoms with van der Waals surface area (Å²) in [5, 5.41) is 12.9. The van der Waals surface area contributed by atoms with Gasteiger partial charge in [-0.2, -0.15) is 0 Å². The number of rotatable bonds is 5. The zero-order chi connectivity index (χ0) is 9.78. The van der Waals surface area contributed by atoms with Gasteiger partial charge in [-0.25, -0.2) is 0 Å². The van der Waals surface area contributed by atoms with Gasteiger partial charge in [-0.1, -0.05) is 27.7 Å². The molecule has 0 rings (SSSR count). The van der Waals surface area contributed by atoms with E-state index in [1.807, 2.05) is 6.92 Å². The third-order valence-corrected chi connectivity index (χ3v) is 2.73. The molecule has 74 valence electrons. The van der Waals surface area contributed by atoms with Crippen LogP contribution in [0.15, 0.2) is 0 Å². The number of aliphatic hydroxyl groups is 1. The van der Waals surface area contributed by atoms with Crippen LogP contribution in [0, 0.1) is 5.41 Å². The second kappa shape index (κ2) is 4.83. The van der Waals surface area contributed by atoms with Crippen molar-refractivity contribution in [3.8, 4) is 0 Å². The Labute approximate surface area is 76.4 Å². The molecule has 0 aromatic heterocycles. The summed E-state index contributed by atoms with van der Waals surface area (Å²) in [7, 11) is 0. The number of hydrogen-bond donors (Lipinski definition) is 2. The van der Waals surface area contributed by atoms with Crippen molar-refractivity contribution in [1.82, 2.24) is 5.32 Å². The van der Waals surface area contributed by atoms with E-state index in [9.17, 15) is 5.11 Å². The summed E-state index contributed by atoms with van der Waals surface area (Å²) in [5.74, 6) is 0. The van der Waals surface area contributed by atoms with Gasteiger partial charge in [0.1, 0.15) is 0 Å². The highest BCUT2D eigenvalue weighted by atomic mass is 16.3. The lowest BCUT2D eigenvalue weighted by atomic mass is 9.82. The summed E-state index contributed by atoms with van der Waals surface area (Å²) >= 11 is 0. The lowest BCUT2D eigenvalue weighted by molar-refractivity contribution is 0.0478. The zero-order valence-electron chi connectivity index (χ0n) is 9.02. The van der Waals surface area contributed by atoms with Crippen molar-refractivity contribution in [1.29, 1.82) is 0 Å². The van der Waals surface area contributed by atoms with Crippen LogP contribution in [-0.4, -0.2) is 23.8 Å². The van der Waals surface area contributed by atoms with E-state index in [4.69, 9.17) is 0 Å². The fourth-order valence-corrected chi connectivity index (χ4v) is 1.01. The van der Waals surface area contributed by atoms with Crippen LogP contribution >= 0.6 is 0 Å². The molecule has 2 atom stereocenters. The lowest BCUT2D eigenvalue weighted by Crippen LogP contribution is -2.41. The second-order valence-corrected chi connectivity index (χ2v) is 4.22. The van der Waals surface area contributed by atoms with Gasteiger partial charge >= 0.3 is 0 Å². The summed E-state index contributed by atoms with van der Waals surface area (Å²) in [6, 6.07) is 0.495. The topological polar surface area (TPSA) is 32.3 Å². The maximum Gasteiger partial charge on any atom is 0.0577 e. The van der Waals surface area contributed by atoms with Crippen LogP contribution in [0.1, 0.15) is 41.0 Å². The van der Waals surface area contributed by atoms with Crippen LogP contribution in [0.2, 0.25) is 0 Å². The van der Waals surface area contributed by atoms with Crippen LogP contribution in [-0.2, 0) is 0 Å². The molecule has 0 aliphatic rings. The Balaban J connectivity index is 3.97. The van der Waals surface area contributed by atoms with Crippen molar-refractivity contribution in [2.24, 2.45) is 5.41 Å². The smallest absolute Gasteiger partial charge is 0.0577 e. The van der Waals surface area contributed by atoms with Gasteiger partial charge in [-0.3, -0.25) is 0 Å². The summed E-state index contributed by atoms with van der Waals surface area (Å²) in [6.07, 6.45) is 0.762. The fourth-order valence-electron chi connectivity index (χ4n) is 1.01. The Kier molecular flexibility index (Phi) is 4.80. The van der Waals surface area contributed by atoms with Crippen molar-refractivity contribution in [3.63, 3.8) is 0 Å². The van der Waals surface area contributed by atoms with Gasteiger partial charge in [-0.05, 0) is 13.3 Å². The molecule has 2 nitrogen and oxygen atoms in total. The number of hydrogen-bond acceptors (Lipinski definition) is 2. The molecule has 2 unspecified atom stereocenters. The predicted molar refractivity (Wildman–Crippen MR) is 53.2 cm³/mol. The normalized spacial score (nSPS) is 19.2. The highest BCUT2D eigenvalue weighted by molar-refractivity contribution is 4.81. The maximum absolute atomic E-state index is 9.54. The minimum absolute atomic E-state index is 0.0181. The van der Waals surface area contributed by atoms with E-state index in [1.54, 1.807) is 0 Å². The number of aliphatic hydroxyl groups excluding tert-OH is 1. The minimum Gasteiger partial charge on any atom is -0.393 e. The summed E-state index contributed by atoms with van der Waals surface area (Å²) in [5.41, 5.74) is 0.0181. The van der Waals surface area contributed by atoms with Gasteiger partial charge in [0, 0.05) is 18.0 Å². The molecule has 0 heterocycles. The molecule has 0 aliphatic carbocycles. The Hall–Kier alpha value is -0.0800. The van der Waals surface area contributed by atoms with Crippen LogP contribution in [0.3, 0.4) is 0 Å².